The number of aromatic hydroxyl groups is 1. The maximum atomic E-state index is 12.2. The average Bonchev–Trinajstić information content (AvgIpc) is 2.71. The number of hydrogen-bond donors (Lipinski definition) is 3. The highest BCUT2D eigenvalue weighted by atomic mass is 16.5. The van der Waals surface area contributed by atoms with Crippen molar-refractivity contribution >= 4 is 11.8 Å². The summed E-state index contributed by atoms with van der Waals surface area (Å²) in [6, 6.07) is 11.0. The smallest absolute Gasteiger partial charge is 0.260 e. The van der Waals surface area contributed by atoms with Crippen molar-refractivity contribution in [2.75, 3.05) is 27.3 Å². The fourth-order valence-electron chi connectivity index (χ4n) is 2.33. The Morgan fingerprint density at radius 1 is 0.929 bits per heavy atom. The van der Waals surface area contributed by atoms with Gasteiger partial charge in [-0.1, -0.05) is 0 Å². The fraction of sp³-hybridized carbons (Fsp3) is 0.300. The third-order valence-corrected chi connectivity index (χ3v) is 3.84. The Balaban J connectivity index is 1.77. The molecule has 0 radical (unpaired) electrons. The lowest BCUT2D eigenvalue weighted by Crippen LogP contribution is -2.40. The number of methoxy groups -OCH3 is 2. The lowest BCUT2D eigenvalue weighted by Gasteiger charge is -2.15. The van der Waals surface area contributed by atoms with Gasteiger partial charge in [0.15, 0.2) is 6.10 Å². The Morgan fingerprint density at radius 3 is 2.07 bits per heavy atom. The molecule has 0 aliphatic carbocycles. The van der Waals surface area contributed by atoms with Gasteiger partial charge >= 0.3 is 0 Å². The van der Waals surface area contributed by atoms with Crippen LogP contribution in [0.15, 0.2) is 42.5 Å². The number of phenols is 1. The Morgan fingerprint density at radius 2 is 1.50 bits per heavy atom. The van der Waals surface area contributed by atoms with E-state index in [2.05, 4.69) is 10.6 Å². The second-order valence-corrected chi connectivity index (χ2v) is 5.90. The summed E-state index contributed by atoms with van der Waals surface area (Å²) in [5.41, 5.74) is 0.395. The molecular formula is C20H24N2O6. The van der Waals surface area contributed by atoms with Crippen LogP contribution in [0.5, 0.6) is 23.0 Å². The molecule has 0 heterocycles. The van der Waals surface area contributed by atoms with E-state index in [1.165, 1.54) is 26.4 Å². The lowest BCUT2D eigenvalue weighted by atomic mass is 10.2. The summed E-state index contributed by atoms with van der Waals surface area (Å²) in [5.74, 6) is 0.996. The SMILES string of the molecule is COc1cc(OC)cc(C(=O)NCCNC(=O)C(C)Oc2ccc(O)cc2)c1. The third-order valence-electron chi connectivity index (χ3n) is 3.84. The van der Waals surface area contributed by atoms with Crippen molar-refractivity contribution in [1.29, 1.82) is 0 Å². The van der Waals surface area contributed by atoms with Gasteiger partial charge in [0.25, 0.3) is 11.8 Å². The molecule has 0 bridgehead atoms. The molecular weight excluding hydrogens is 364 g/mol. The van der Waals surface area contributed by atoms with Crippen molar-refractivity contribution in [2.24, 2.45) is 0 Å². The summed E-state index contributed by atoms with van der Waals surface area (Å²) in [6.45, 7) is 2.11. The van der Waals surface area contributed by atoms with E-state index >= 15 is 0 Å². The molecule has 0 aliphatic heterocycles. The molecule has 2 amide bonds. The van der Waals surface area contributed by atoms with Gasteiger partial charge in [-0.25, -0.2) is 0 Å². The van der Waals surface area contributed by atoms with Crippen molar-refractivity contribution < 1.29 is 28.9 Å². The number of nitrogens with one attached hydrogen (secondary N) is 2. The topological polar surface area (TPSA) is 106 Å². The zero-order valence-electron chi connectivity index (χ0n) is 16.0. The predicted octanol–water partition coefficient (Wildman–Crippen LogP) is 1.72. The van der Waals surface area contributed by atoms with Crippen LogP contribution in [0.3, 0.4) is 0 Å². The van der Waals surface area contributed by atoms with Gasteiger partial charge < -0.3 is 30.0 Å². The van der Waals surface area contributed by atoms with Gasteiger partial charge in [-0.15, -0.1) is 0 Å². The van der Waals surface area contributed by atoms with Crippen LogP contribution < -0.4 is 24.8 Å². The Hall–Kier alpha value is -3.42. The molecule has 8 nitrogen and oxygen atoms in total. The zero-order valence-corrected chi connectivity index (χ0v) is 16.0. The maximum Gasteiger partial charge on any atom is 0.260 e. The fourth-order valence-corrected chi connectivity index (χ4v) is 2.33. The van der Waals surface area contributed by atoms with Gasteiger partial charge in [-0.3, -0.25) is 9.59 Å². The normalized spacial score (nSPS) is 11.2. The first-order chi connectivity index (χ1) is 13.4. The van der Waals surface area contributed by atoms with Crippen LogP contribution >= 0.6 is 0 Å². The molecule has 1 unspecified atom stereocenters. The summed E-state index contributed by atoms with van der Waals surface area (Å²) in [6.07, 6.45) is -0.720. The second kappa shape index (κ2) is 10.1. The van der Waals surface area contributed by atoms with Crippen molar-refractivity contribution in [3.8, 4) is 23.0 Å². The molecule has 2 rings (SSSR count). The minimum atomic E-state index is -0.720. The largest absolute Gasteiger partial charge is 0.508 e. The van der Waals surface area contributed by atoms with Crippen molar-refractivity contribution in [1.82, 2.24) is 10.6 Å². The average molecular weight is 388 g/mol. The van der Waals surface area contributed by atoms with Crippen LogP contribution in [0.25, 0.3) is 0 Å². The summed E-state index contributed by atoms with van der Waals surface area (Å²) in [5, 5.41) is 14.7. The van der Waals surface area contributed by atoms with Crippen LogP contribution in [0, 0.1) is 0 Å². The number of benzene rings is 2. The Bertz CT molecular complexity index is 785. The van der Waals surface area contributed by atoms with Crippen LogP contribution in [-0.4, -0.2) is 50.3 Å². The molecule has 150 valence electrons. The summed E-state index contributed by atoms with van der Waals surface area (Å²) < 4.78 is 15.8. The van der Waals surface area contributed by atoms with E-state index in [4.69, 9.17) is 14.2 Å². The first-order valence-corrected chi connectivity index (χ1v) is 8.67. The van der Waals surface area contributed by atoms with E-state index in [1.54, 1.807) is 37.3 Å². The molecule has 0 saturated carbocycles. The van der Waals surface area contributed by atoms with E-state index in [1.807, 2.05) is 0 Å². The van der Waals surface area contributed by atoms with Gasteiger partial charge in [0.2, 0.25) is 0 Å². The number of carbonyl (C=O) groups excluding carboxylic acids is 2. The van der Waals surface area contributed by atoms with E-state index in [0.717, 1.165) is 0 Å². The first-order valence-electron chi connectivity index (χ1n) is 8.67. The lowest BCUT2D eigenvalue weighted by molar-refractivity contribution is -0.127. The molecule has 8 heteroatoms. The summed E-state index contributed by atoms with van der Waals surface area (Å²) in [7, 11) is 3.01. The molecule has 0 spiro atoms. The van der Waals surface area contributed by atoms with E-state index in [0.29, 0.717) is 22.8 Å². The number of carbonyl (C=O) groups is 2. The van der Waals surface area contributed by atoms with E-state index < -0.39 is 6.10 Å². The molecule has 0 saturated heterocycles. The highest BCUT2D eigenvalue weighted by Crippen LogP contribution is 2.22. The third kappa shape index (κ3) is 6.08. The standard InChI is InChI=1S/C20H24N2O6/c1-13(28-16-6-4-15(23)5-7-16)19(24)21-8-9-22-20(25)14-10-17(26-2)12-18(11-14)27-3/h4-7,10-13,23H,8-9H2,1-3H3,(H,21,24)(H,22,25). The molecule has 0 fully saturated rings. The summed E-state index contributed by atoms with van der Waals surface area (Å²) >= 11 is 0. The monoisotopic (exact) mass is 388 g/mol. The van der Waals surface area contributed by atoms with Gasteiger partial charge in [-0.05, 0) is 43.3 Å². The Labute approximate surface area is 163 Å². The van der Waals surface area contributed by atoms with Gasteiger partial charge in [0, 0.05) is 24.7 Å². The predicted molar refractivity (Wildman–Crippen MR) is 103 cm³/mol. The van der Waals surface area contributed by atoms with Crippen LogP contribution in [0.1, 0.15) is 17.3 Å². The number of rotatable bonds is 9. The van der Waals surface area contributed by atoms with E-state index in [9.17, 15) is 14.7 Å². The first kappa shape index (κ1) is 20.9. The quantitative estimate of drug-likeness (QED) is 0.565. The van der Waals surface area contributed by atoms with Gasteiger partial charge in [0.1, 0.15) is 23.0 Å². The molecule has 2 aromatic carbocycles. The van der Waals surface area contributed by atoms with Crippen LogP contribution in [0.4, 0.5) is 0 Å². The number of hydrogen-bond acceptors (Lipinski definition) is 6. The van der Waals surface area contributed by atoms with Gasteiger partial charge in [-0.2, -0.15) is 0 Å². The highest BCUT2D eigenvalue weighted by Gasteiger charge is 2.14. The molecule has 0 aliphatic rings. The summed E-state index contributed by atoms with van der Waals surface area (Å²) in [4.78, 5) is 24.3. The molecule has 1 atom stereocenters. The van der Waals surface area contributed by atoms with Crippen LogP contribution in [0.2, 0.25) is 0 Å². The van der Waals surface area contributed by atoms with Crippen molar-refractivity contribution in [3.63, 3.8) is 0 Å². The molecule has 0 aromatic heterocycles. The van der Waals surface area contributed by atoms with Gasteiger partial charge in [0.05, 0.1) is 14.2 Å². The second-order valence-electron chi connectivity index (χ2n) is 5.90. The number of phenolic OH excluding ortho intramolecular Hbond substituents is 1. The zero-order chi connectivity index (χ0) is 20.5. The molecule has 3 N–H and O–H groups in total. The van der Waals surface area contributed by atoms with Crippen LogP contribution in [-0.2, 0) is 4.79 Å². The minimum absolute atomic E-state index is 0.119. The van der Waals surface area contributed by atoms with Crippen molar-refractivity contribution in [3.05, 3.63) is 48.0 Å². The number of amides is 2. The Kier molecular flexibility index (Phi) is 7.50. The molecule has 28 heavy (non-hydrogen) atoms. The highest BCUT2D eigenvalue weighted by molar-refractivity contribution is 5.95. The van der Waals surface area contributed by atoms with E-state index in [-0.39, 0.29) is 30.7 Å². The number of ether oxygens (including phenoxy) is 3. The maximum absolute atomic E-state index is 12.2. The molecule has 2 aromatic rings. The minimum Gasteiger partial charge on any atom is -0.508 e. The van der Waals surface area contributed by atoms with Crippen molar-refractivity contribution in [2.45, 2.75) is 13.0 Å².